The first kappa shape index (κ1) is 22.6. The molecule has 3 rings (SSSR count). The topological polar surface area (TPSA) is 77.1 Å². The molecule has 1 aliphatic heterocycles. The van der Waals surface area contributed by atoms with Crippen LogP contribution in [-0.4, -0.2) is 48.9 Å². The number of para-hydroxylation sites is 2. The Labute approximate surface area is 190 Å². The fraction of sp³-hybridized carbons (Fsp3) is 0.227. The molecular weight excluding hydrogens is 436 g/mol. The largest absolute Gasteiger partial charge is 0.495 e. The summed E-state index contributed by atoms with van der Waals surface area (Å²) >= 11 is 6.56. The lowest BCUT2D eigenvalue weighted by Crippen LogP contribution is -2.31. The van der Waals surface area contributed by atoms with E-state index in [4.69, 9.17) is 26.4 Å². The number of nitrogens with zero attached hydrogens (tertiary/aromatic N) is 1. The molecule has 7 nitrogen and oxygen atoms in total. The van der Waals surface area contributed by atoms with Gasteiger partial charge in [-0.3, -0.25) is 14.5 Å². The van der Waals surface area contributed by atoms with Gasteiger partial charge in [0.05, 0.1) is 31.9 Å². The van der Waals surface area contributed by atoms with Gasteiger partial charge < -0.3 is 19.5 Å². The highest BCUT2D eigenvalue weighted by Crippen LogP contribution is 2.34. The van der Waals surface area contributed by atoms with E-state index < -0.39 is 0 Å². The maximum Gasteiger partial charge on any atom is 0.266 e. The highest BCUT2D eigenvalue weighted by Gasteiger charge is 2.32. The van der Waals surface area contributed by atoms with E-state index in [9.17, 15) is 9.59 Å². The molecule has 2 aromatic carbocycles. The molecule has 0 bridgehead atoms. The minimum Gasteiger partial charge on any atom is -0.495 e. The van der Waals surface area contributed by atoms with Gasteiger partial charge in [0.2, 0.25) is 5.91 Å². The predicted octanol–water partition coefficient (Wildman–Crippen LogP) is 3.94. The van der Waals surface area contributed by atoms with Crippen LogP contribution < -0.4 is 19.5 Å². The number of rotatable bonds is 8. The molecule has 1 fully saturated rings. The van der Waals surface area contributed by atoms with Crippen molar-refractivity contribution in [3.05, 3.63) is 52.9 Å². The normalized spacial score (nSPS) is 14.7. The lowest BCUT2D eigenvalue weighted by molar-refractivity contribution is -0.122. The first-order valence-electron chi connectivity index (χ1n) is 9.37. The summed E-state index contributed by atoms with van der Waals surface area (Å²) in [5.74, 6) is 1.28. The summed E-state index contributed by atoms with van der Waals surface area (Å²) in [7, 11) is 4.65. The summed E-state index contributed by atoms with van der Waals surface area (Å²) in [4.78, 5) is 27.1. The van der Waals surface area contributed by atoms with Crippen molar-refractivity contribution < 1.29 is 23.8 Å². The van der Waals surface area contributed by atoms with Gasteiger partial charge in [0, 0.05) is 13.0 Å². The molecule has 1 aliphatic rings. The molecule has 1 heterocycles. The zero-order valence-electron chi connectivity index (χ0n) is 17.3. The molecule has 0 spiro atoms. The van der Waals surface area contributed by atoms with Crippen molar-refractivity contribution in [2.24, 2.45) is 0 Å². The highest BCUT2D eigenvalue weighted by molar-refractivity contribution is 8.26. The molecular formula is C22H22N2O5S2. The molecule has 0 radical (unpaired) electrons. The Morgan fingerprint density at radius 1 is 1.06 bits per heavy atom. The monoisotopic (exact) mass is 458 g/mol. The molecule has 0 aliphatic carbocycles. The number of carbonyl (C=O) groups excluding carboxylic acids is 2. The fourth-order valence-corrected chi connectivity index (χ4v) is 4.27. The fourth-order valence-electron chi connectivity index (χ4n) is 2.96. The molecule has 2 amide bonds. The van der Waals surface area contributed by atoms with Crippen molar-refractivity contribution in [3.63, 3.8) is 0 Å². The van der Waals surface area contributed by atoms with Gasteiger partial charge in [-0.15, -0.1) is 0 Å². The van der Waals surface area contributed by atoms with Crippen molar-refractivity contribution in [1.82, 2.24) is 4.90 Å². The van der Waals surface area contributed by atoms with Gasteiger partial charge in [-0.2, -0.15) is 0 Å². The number of amides is 2. The summed E-state index contributed by atoms with van der Waals surface area (Å²) in [5.41, 5.74) is 1.36. The van der Waals surface area contributed by atoms with E-state index >= 15 is 0 Å². The standard InChI is InChI=1S/C22H22N2O5S2/c1-27-16-7-5-4-6-15(16)23-20(25)10-11-24-21(26)19(31-22(24)30)13-14-8-9-17(28-2)18(12-14)29-3/h4-9,12-13H,10-11H2,1-3H3,(H,23,25). The zero-order valence-corrected chi connectivity index (χ0v) is 19.0. The predicted molar refractivity (Wildman–Crippen MR) is 126 cm³/mol. The zero-order chi connectivity index (χ0) is 22.4. The van der Waals surface area contributed by atoms with E-state index in [1.54, 1.807) is 50.6 Å². The number of anilines is 1. The molecule has 1 saturated heterocycles. The van der Waals surface area contributed by atoms with Gasteiger partial charge >= 0.3 is 0 Å². The van der Waals surface area contributed by atoms with Gasteiger partial charge in [-0.1, -0.05) is 42.2 Å². The summed E-state index contributed by atoms with van der Waals surface area (Å²) < 4.78 is 16.2. The van der Waals surface area contributed by atoms with Crippen LogP contribution in [-0.2, 0) is 9.59 Å². The van der Waals surface area contributed by atoms with Crippen LogP contribution in [0.1, 0.15) is 12.0 Å². The van der Waals surface area contributed by atoms with E-state index in [2.05, 4.69) is 5.32 Å². The minimum absolute atomic E-state index is 0.105. The second-order valence-electron chi connectivity index (χ2n) is 6.45. The number of ether oxygens (including phenoxy) is 3. The Morgan fingerprint density at radius 3 is 2.48 bits per heavy atom. The molecule has 1 N–H and O–H groups in total. The Morgan fingerprint density at radius 2 is 1.77 bits per heavy atom. The lowest BCUT2D eigenvalue weighted by Gasteiger charge is -2.15. The molecule has 0 aromatic heterocycles. The summed E-state index contributed by atoms with van der Waals surface area (Å²) in [6.45, 7) is 0.189. The van der Waals surface area contributed by atoms with Crippen LogP contribution in [0, 0.1) is 0 Å². The number of hydrogen-bond donors (Lipinski definition) is 1. The summed E-state index contributed by atoms with van der Waals surface area (Å²) in [6.07, 6.45) is 1.85. The quantitative estimate of drug-likeness (QED) is 0.474. The number of nitrogens with one attached hydrogen (secondary N) is 1. The highest BCUT2D eigenvalue weighted by atomic mass is 32.2. The van der Waals surface area contributed by atoms with Gasteiger partial charge in [0.25, 0.3) is 5.91 Å². The summed E-state index contributed by atoms with van der Waals surface area (Å²) in [5, 5.41) is 2.80. The van der Waals surface area contributed by atoms with Crippen LogP contribution in [0.5, 0.6) is 17.2 Å². The van der Waals surface area contributed by atoms with Gasteiger partial charge in [-0.25, -0.2) is 0 Å². The van der Waals surface area contributed by atoms with E-state index in [1.807, 2.05) is 12.1 Å². The summed E-state index contributed by atoms with van der Waals surface area (Å²) in [6, 6.07) is 12.5. The number of benzene rings is 2. The van der Waals surface area contributed by atoms with Crippen molar-refractivity contribution >= 4 is 51.9 Å². The number of methoxy groups -OCH3 is 3. The lowest BCUT2D eigenvalue weighted by atomic mass is 10.2. The Balaban J connectivity index is 1.65. The van der Waals surface area contributed by atoms with E-state index in [1.165, 1.54) is 23.8 Å². The van der Waals surface area contributed by atoms with Gasteiger partial charge in [-0.05, 0) is 35.9 Å². The molecule has 162 valence electrons. The second-order valence-corrected chi connectivity index (χ2v) is 8.12. The van der Waals surface area contributed by atoms with Crippen LogP contribution in [0.25, 0.3) is 6.08 Å². The third-order valence-corrected chi connectivity index (χ3v) is 5.90. The van der Waals surface area contributed by atoms with Crippen LogP contribution in [0.15, 0.2) is 47.4 Å². The first-order chi connectivity index (χ1) is 15.0. The Kier molecular flexibility index (Phi) is 7.54. The van der Waals surface area contributed by atoms with Crippen LogP contribution in [0.2, 0.25) is 0 Å². The van der Waals surface area contributed by atoms with Crippen molar-refractivity contribution in [2.75, 3.05) is 33.2 Å². The van der Waals surface area contributed by atoms with E-state index in [-0.39, 0.29) is 24.8 Å². The first-order valence-corrected chi connectivity index (χ1v) is 10.6. The van der Waals surface area contributed by atoms with E-state index in [0.29, 0.717) is 32.2 Å². The number of thioether (sulfide) groups is 1. The molecule has 9 heteroatoms. The van der Waals surface area contributed by atoms with Crippen molar-refractivity contribution in [3.8, 4) is 17.2 Å². The molecule has 0 atom stereocenters. The number of hydrogen-bond acceptors (Lipinski definition) is 7. The Hall–Kier alpha value is -3.04. The van der Waals surface area contributed by atoms with Crippen molar-refractivity contribution in [2.45, 2.75) is 6.42 Å². The number of thiocarbonyl (C=S) groups is 1. The van der Waals surface area contributed by atoms with Gasteiger partial charge in [0.15, 0.2) is 11.5 Å². The van der Waals surface area contributed by atoms with Crippen LogP contribution >= 0.6 is 24.0 Å². The second kappa shape index (κ2) is 10.3. The van der Waals surface area contributed by atoms with E-state index in [0.717, 1.165) is 5.56 Å². The average Bonchev–Trinajstić information content (AvgIpc) is 3.04. The molecule has 2 aromatic rings. The average molecular weight is 459 g/mol. The third-order valence-electron chi connectivity index (χ3n) is 4.52. The molecule has 31 heavy (non-hydrogen) atoms. The van der Waals surface area contributed by atoms with Gasteiger partial charge in [0.1, 0.15) is 10.1 Å². The van der Waals surface area contributed by atoms with Crippen LogP contribution in [0.3, 0.4) is 0 Å². The van der Waals surface area contributed by atoms with Crippen molar-refractivity contribution in [1.29, 1.82) is 0 Å². The molecule has 0 saturated carbocycles. The molecule has 0 unspecified atom stereocenters. The maximum absolute atomic E-state index is 12.8. The number of carbonyl (C=O) groups is 2. The SMILES string of the molecule is COc1ccccc1NC(=O)CCN1C(=O)C(=Cc2ccc(OC)c(OC)c2)SC1=S. The van der Waals surface area contributed by atoms with Crippen LogP contribution in [0.4, 0.5) is 5.69 Å². The third kappa shape index (κ3) is 5.36. The maximum atomic E-state index is 12.8. The Bertz CT molecular complexity index is 1040. The smallest absolute Gasteiger partial charge is 0.266 e. The minimum atomic E-state index is -0.234.